The van der Waals surface area contributed by atoms with Crippen molar-refractivity contribution in [3.63, 3.8) is 0 Å². The van der Waals surface area contributed by atoms with Gasteiger partial charge < -0.3 is 19.5 Å². The van der Waals surface area contributed by atoms with E-state index in [2.05, 4.69) is 5.32 Å². The van der Waals surface area contributed by atoms with Crippen LogP contribution < -0.4 is 24.4 Å². The maximum Gasteiger partial charge on any atom is 0.294 e. The second kappa shape index (κ2) is 11.2. The molecule has 8 heteroatoms. The number of para-hydroxylation sites is 2. The minimum atomic E-state index is -0.364. The first-order valence-corrected chi connectivity index (χ1v) is 13.3. The van der Waals surface area contributed by atoms with Crippen molar-refractivity contribution in [3.8, 4) is 17.2 Å². The Morgan fingerprint density at radius 2 is 1.71 bits per heavy atom. The number of benzene rings is 4. The van der Waals surface area contributed by atoms with Crippen LogP contribution in [0.3, 0.4) is 0 Å². The highest BCUT2D eigenvalue weighted by Gasteiger charge is 2.30. The zero-order chi connectivity index (χ0) is 28.3. The van der Waals surface area contributed by atoms with Crippen LogP contribution in [0.25, 0.3) is 6.08 Å². The van der Waals surface area contributed by atoms with Crippen molar-refractivity contribution in [3.05, 3.63) is 125 Å². The van der Waals surface area contributed by atoms with Gasteiger partial charge in [0.1, 0.15) is 19.0 Å². The lowest BCUT2D eigenvalue weighted by Gasteiger charge is -2.30. The first-order chi connectivity index (χ1) is 19.9. The SMILES string of the molecule is CC(NC(=O)c1ccc(/C=C2\Oc3ccccc3N(Cc3cccc(F)c3)C2=O)cc1)c1ccc2c(c1)OCCO2. The van der Waals surface area contributed by atoms with Gasteiger partial charge in [-0.15, -0.1) is 0 Å². The van der Waals surface area contributed by atoms with Crippen LogP contribution in [0, 0.1) is 5.82 Å². The summed E-state index contributed by atoms with van der Waals surface area (Å²) in [5.74, 6) is 1.09. The third-order valence-corrected chi connectivity index (χ3v) is 6.95. The van der Waals surface area contributed by atoms with Gasteiger partial charge in [0, 0.05) is 5.56 Å². The van der Waals surface area contributed by atoms with Gasteiger partial charge in [-0.2, -0.15) is 0 Å². The molecule has 2 aliphatic heterocycles. The van der Waals surface area contributed by atoms with E-state index >= 15 is 0 Å². The molecule has 4 aromatic rings. The number of fused-ring (bicyclic) bond motifs is 2. The fraction of sp³-hybridized carbons (Fsp3) is 0.152. The maximum absolute atomic E-state index is 13.8. The molecule has 2 aliphatic rings. The summed E-state index contributed by atoms with van der Waals surface area (Å²) < 4.78 is 31.0. The van der Waals surface area contributed by atoms with Crippen molar-refractivity contribution < 1.29 is 28.2 Å². The van der Waals surface area contributed by atoms with Crippen molar-refractivity contribution in [1.29, 1.82) is 0 Å². The van der Waals surface area contributed by atoms with E-state index in [1.54, 1.807) is 59.5 Å². The fourth-order valence-corrected chi connectivity index (χ4v) is 4.81. The summed E-state index contributed by atoms with van der Waals surface area (Å²) >= 11 is 0. The Bertz CT molecular complexity index is 1650. The molecule has 2 heterocycles. The summed E-state index contributed by atoms with van der Waals surface area (Å²) in [6.45, 7) is 3.11. The zero-order valence-corrected chi connectivity index (χ0v) is 22.3. The van der Waals surface area contributed by atoms with Crippen LogP contribution in [0.2, 0.25) is 0 Å². The molecule has 0 aromatic heterocycles. The lowest BCUT2D eigenvalue weighted by molar-refractivity contribution is -0.117. The molecular weight excluding hydrogens is 523 g/mol. The molecule has 1 unspecified atom stereocenters. The molecule has 1 N–H and O–H groups in total. The second-order valence-electron chi connectivity index (χ2n) is 9.82. The van der Waals surface area contributed by atoms with E-state index in [-0.39, 0.29) is 36.0 Å². The summed E-state index contributed by atoms with van der Waals surface area (Å²) in [4.78, 5) is 28.0. The molecular formula is C33H27FN2O5. The number of halogens is 1. The number of amides is 2. The summed E-state index contributed by atoms with van der Waals surface area (Å²) in [5.41, 5.74) is 3.34. The lowest BCUT2D eigenvalue weighted by atomic mass is 10.1. The smallest absolute Gasteiger partial charge is 0.294 e. The largest absolute Gasteiger partial charge is 0.486 e. The Kier molecular flexibility index (Phi) is 7.12. The minimum absolute atomic E-state index is 0.129. The number of carbonyl (C=O) groups is 2. The van der Waals surface area contributed by atoms with Crippen LogP contribution in [0.4, 0.5) is 10.1 Å². The van der Waals surface area contributed by atoms with Gasteiger partial charge in [-0.1, -0.05) is 42.5 Å². The van der Waals surface area contributed by atoms with E-state index in [0.29, 0.717) is 52.8 Å². The Balaban J connectivity index is 1.18. The van der Waals surface area contributed by atoms with Crippen molar-refractivity contribution in [1.82, 2.24) is 5.32 Å². The van der Waals surface area contributed by atoms with Crippen LogP contribution in [0.1, 0.15) is 40.0 Å². The number of anilines is 1. The topological polar surface area (TPSA) is 77.1 Å². The summed E-state index contributed by atoms with van der Waals surface area (Å²) in [6.07, 6.45) is 1.64. The summed E-state index contributed by atoms with van der Waals surface area (Å²) in [6, 6.07) is 25.7. The minimum Gasteiger partial charge on any atom is -0.486 e. The fourth-order valence-electron chi connectivity index (χ4n) is 4.81. The van der Waals surface area contributed by atoms with E-state index in [9.17, 15) is 14.0 Å². The molecule has 6 rings (SSSR count). The van der Waals surface area contributed by atoms with Gasteiger partial charge in [0.25, 0.3) is 11.8 Å². The van der Waals surface area contributed by atoms with Gasteiger partial charge in [-0.3, -0.25) is 14.5 Å². The van der Waals surface area contributed by atoms with Crippen molar-refractivity contribution in [2.75, 3.05) is 18.1 Å². The van der Waals surface area contributed by atoms with Crippen LogP contribution in [0.15, 0.2) is 96.8 Å². The van der Waals surface area contributed by atoms with Gasteiger partial charge >= 0.3 is 0 Å². The zero-order valence-electron chi connectivity index (χ0n) is 22.3. The van der Waals surface area contributed by atoms with E-state index in [1.807, 2.05) is 37.3 Å². The number of hydrogen-bond acceptors (Lipinski definition) is 5. The quantitative estimate of drug-likeness (QED) is 0.296. The van der Waals surface area contributed by atoms with E-state index in [4.69, 9.17) is 14.2 Å². The normalized spacial score (nSPS) is 15.6. The first kappa shape index (κ1) is 26.1. The van der Waals surface area contributed by atoms with Crippen LogP contribution in [0.5, 0.6) is 17.2 Å². The van der Waals surface area contributed by atoms with Crippen molar-refractivity contribution in [2.45, 2.75) is 19.5 Å². The molecule has 0 fully saturated rings. The van der Waals surface area contributed by atoms with Gasteiger partial charge in [0.2, 0.25) is 0 Å². The molecule has 0 saturated carbocycles. The van der Waals surface area contributed by atoms with Gasteiger partial charge in [0.05, 0.1) is 18.3 Å². The van der Waals surface area contributed by atoms with Gasteiger partial charge in [-0.25, -0.2) is 4.39 Å². The molecule has 206 valence electrons. The third kappa shape index (κ3) is 5.63. The van der Waals surface area contributed by atoms with E-state index in [1.165, 1.54) is 12.1 Å². The number of rotatable bonds is 6. The summed E-state index contributed by atoms with van der Waals surface area (Å²) in [7, 11) is 0. The molecule has 0 aliphatic carbocycles. The molecule has 41 heavy (non-hydrogen) atoms. The van der Waals surface area contributed by atoms with Gasteiger partial charge in [0.15, 0.2) is 23.0 Å². The second-order valence-corrected chi connectivity index (χ2v) is 9.82. The molecule has 1 atom stereocenters. The molecule has 0 spiro atoms. The highest BCUT2D eigenvalue weighted by Crippen LogP contribution is 2.37. The molecule has 2 amide bonds. The van der Waals surface area contributed by atoms with Crippen LogP contribution in [-0.4, -0.2) is 25.0 Å². The van der Waals surface area contributed by atoms with Crippen molar-refractivity contribution >= 4 is 23.6 Å². The van der Waals surface area contributed by atoms with Crippen LogP contribution >= 0.6 is 0 Å². The molecule has 0 saturated heterocycles. The van der Waals surface area contributed by atoms with Crippen molar-refractivity contribution in [2.24, 2.45) is 0 Å². The predicted octanol–water partition coefficient (Wildman–Crippen LogP) is 6.05. The highest BCUT2D eigenvalue weighted by molar-refractivity contribution is 6.09. The predicted molar refractivity (Wildman–Crippen MR) is 152 cm³/mol. The Hall–Kier alpha value is -5.11. The van der Waals surface area contributed by atoms with Crippen LogP contribution in [-0.2, 0) is 11.3 Å². The average Bonchev–Trinajstić information content (AvgIpc) is 2.99. The molecule has 7 nitrogen and oxygen atoms in total. The number of hydrogen-bond donors (Lipinski definition) is 1. The Morgan fingerprint density at radius 3 is 2.51 bits per heavy atom. The standard InChI is InChI=1S/C33H27FN2O5/c1-21(25-13-14-29-30(19-25)40-16-15-39-29)35-32(37)24-11-9-22(10-12-24)18-31-33(38)36(20-23-5-4-6-26(34)17-23)27-7-2-3-8-28(27)41-31/h2-14,17-19,21H,15-16,20H2,1H3,(H,35,37)/b31-18-. The summed E-state index contributed by atoms with van der Waals surface area (Å²) in [5, 5.41) is 3.01. The van der Waals surface area contributed by atoms with Gasteiger partial charge in [-0.05, 0) is 78.2 Å². The molecule has 0 radical (unpaired) electrons. The average molecular weight is 551 g/mol. The van der Waals surface area contributed by atoms with E-state index in [0.717, 1.165) is 5.56 Å². The highest BCUT2D eigenvalue weighted by atomic mass is 19.1. The lowest BCUT2D eigenvalue weighted by Crippen LogP contribution is -2.36. The number of nitrogens with one attached hydrogen (secondary N) is 1. The Morgan fingerprint density at radius 1 is 0.927 bits per heavy atom. The third-order valence-electron chi connectivity index (χ3n) is 6.95. The number of nitrogens with zero attached hydrogens (tertiary/aromatic N) is 1. The molecule has 4 aromatic carbocycles. The monoisotopic (exact) mass is 550 g/mol. The molecule has 0 bridgehead atoms. The number of ether oxygens (including phenoxy) is 3. The number of carbonyl (C=O) groups excluding carboxylic acids is 2. The first-order valence-electron chi connectivity index (χ1n) is 13.3. The maximum atomic E-state index is 13.8. The Labute approximate surface area is 236 Å². The van der Waals surface area contributed by atoms with E-state index < -0.39 is 0 Å².